The minimum absolute atomic E-state index is 0.186. The maximum atomic E-state index is 10.2. The molecule has 18 heavy (non-hydrogen) atoms. The van der Waals surface area contributed by atoms with Crippen LogP contribution in [0.25, 0.3) is 0 Å². The Morgan fingerprint density at radius 2 is 2.00 bits per heavy atom. The van der Waals surface area contributed by atoms with Gasteiger partial charge in [0.25, 0.3) is 0 Å². The summed E-state index contributed by atoms with van der Waals surface area (Å²) >= 11 is 0. The summed E-state index contributed by atoms with van der Waals surface area (Å²) in [6.45, 7) is 6.57. The Balaban J connectivity index is 2.42. The summed E-state index contributed by atoms with van der Waals surface area (Å²) in [5.41, 5.74) is 2.53. The van der Waals surface area contributed by atoms with Gasteiger partial charge >= 0.3 is 0 Å². The highest BCUT2D eigenvalue weighted by atomic mass is 16.3. The van der Waals surface area contributed by atoms with Crippen LogP contribution in [-0.4, -0.2) is 11.2 Å². The molecule has 0 saturated heterocycles. The first kappa shape index (κ1) is 15.2. The van der Waals surface area contributed by atoms with Gasteiger partial charge in [-0.05, 0) is 31.2 Å². The lowest BCUT2D eigenvalue weighted by Crippen LogP contribution is -2.16. The number of hydrogen-bond donors (Lipinski definition) is 1. The van der Waals surface area contributed by atoms with Gasteiger partial charge in [0.05, 0.1) is 6.10 Å². The Labute approximate surface area is 112 Å². The number of rotatable bonds is 8. The molecule has 1 heteroatoms. The van der Waals surface area contributed by atoms with E-state index in [-0.39, 0.29) is 6.10 Å². The summed E-state index contributed by atoms with van der Waals surface area (Å²) in [6, 6.07) is 8.47. The third kappa shape index (κ3) is 5.68. The van der Waals surface area contributed by atoms with Gasteiger partial charge in [-0.25, -0.2) is 0 Å². The Morgan fingerprint density at radius 1 is 1.22 bits per heavy atom. The van der Waals surface area contributed by atoms with Gasteiger partial charge in [-0.2, -0.15) is 0 Å². The first-order valence-electron chi connectivity index (χ1n) is 7.39. The van der Waals surface area contributed by atoms with Crippen LogP contribution in [0.4, 0.5) is 0 Å². The summed E-state index contributed by atoms with van der Waals surface area (Å²) in [7, 11) is 0. The lowest BCUT2D eigenvalue weighted by Gasteiger charge is -2.19. The Hall–Kier alpha value is -0.820. The number of benzene rings is 1. The quantitative estimate of drug-likeness (QED) is 0.718. The van der Waals surface area contributed by atoms with E-state index < -0.39 is 0 Å². The molecule has 0 fully saturated rings. The van der Waals surface area contributed by atoms with Crippen molar-refractivity contribution in [3.8, 4) is 0 Å². The Kier molecular flexibility index (Phi) is 7.04. The van der Waals surface area contributed by atoms with Crippen LogP contribution in [0.3, 0.4) is 0 Å². The molecule has 0 aliphatic carbocycles. The van der Waals surface area contributed by atoms with Crippen LogP contribution in [0, 0.1) is 12.8 Å². The highest BCUT2D eigenvalue weighted by Crippen LogP contribution is 2.20. The average Bonchev–Trinajstić information content (AvgIpc) is 2.34. The zero-order valence-electron chi connectivity index (χ0n) is 12.2. The molecule has 0 aromatic heterocycles. The van der Waals surface area contributed by atoms with Crippen LogP contribution in [0.2, 0.25) is 0 Å². The van der Waals surface area contributed by atoms with Crippen LogP contribution >= 0.6 is 0 Å². The largest absolute Gasteiger partial charge is 0.393 e. The fourth-order valence-electron chi connectivity index (χ4n) is 2.56. The molecular weight excluding hydrogens is 220 g/mol. The van der Waals surface area contributed by atoms with Crippen LogP contribution < -0.4 is 0 Å². The van der Waals surface area contributed by atoms with Crippen molar-refractivity contribution in [1.29, 1.82) is 0 Å². The van der Waals surface area contributed by atoms with Gasteiger partial charge in [0.1, 0.15) is 0 Å². The molecule has 0 amide bonds. The third-order valence-electron chi connectivity index (χ3n) is 3.70. The summed E-state index contributed by atoms with van der Waals surface area (Å²) in [4.78, 5) is 0. The van der Waals surface area contributed by atoms with Gasteiger partial charge in [0, 0.05) is 0 Å². The number of aliphatic hydroxyl groups excluding tert-OH is 1. The van der Waals surface area contributed by atoms with Gasteiger partial charge < -0.3 is 5.11 Å². The summed E-state index contributed by atoms with van der Waals surface area (Å²) in [6.07, 6.45) is 6.55. The van der Waals surface area contributed by atoms with E-state index in [0.29, 0.717) is 5.92 Å². The van der Waals surface area contributed by atoms with Crippen molar-refractivity contribution in [2.75, 3.05) is 0 Å². The van der Waals surface area contributed by atoms with Gasteiger partial charge in [-0.15, -0.1) is 0 Å². The zero-order valence-corrected chi connectivity index (χ0v) is 12.2. The second kappa shape index (κ2) is 8.31. The molecule has 0 bridgehead atoms. The topological polar surface area (TPSA) is 20.2 Å². The van der Waals surface area contributed by atoms with Crippen molar-refractivity contribution in [1.82, 2.24) is 0 Å². The minimum atomic E-state index is -0.186. The van der Waals surface area contributed by atoms with E-state index in [0.717, 1.165) is 12.8 Å². The molecule has 102 valence electrons. The van der Waals surface area contributed by atoms with Crippen molar-refractivity contribution < 1.29 is 5.11 Å². The van der Waals surface area contributed by atoms with Crippen LogP contribution in [-0.2, 0) is 6.42 Å². The second-order valence-electron chi connectivity index (χ2n) is 5.50. The fraction of sp³-hybridized carbons (Fsp3) is 0.647. The molecule has 1 nitrogen and oxygen atoms in total. The molecule has 1 aromatic rings. The number of unbranched alkanes of at least 4 members (excludes halogenated alkanes) is 1. The standard InChI is InChI=1S/C17H28O/c1-4-6-9-15(5-2)12-17(18)13-16-10-7-8-14(3)11-16/h7-8,10-11,15,17-18H,4-6,9,12-13H2,1-3H3. The lowest BCUT2D eigenvalue weighted by atomic mass is 9.91. The van der Waals surface area contributed by atoms with Crippen LogP contribution in [0.15, 0.2) is 24.3 Å². The van der Waals surface area contributed by atoms with Crippen LogP contribution in [0.1, 0.15) is 57.1 Å². The summed E-state index contributed by atoms with van der Waals surface area (Å²) < 4.78 is 0. The fourth-order valence-corrected chi connectivity index (χ4v) is 2.56. The van der Waals surface area contributed by atoms with Gasteiger partial charge in [0.2, 0.25) is 0 Å². The molecule has 0 aliphatic rings. The smallest absolute Gasteiger partial charge is 0.0583 e. The van der Waals surface area contributed by atoms with Gasteiger partial charge in [-0.3, -0.25) is 0 Å². The molecule has 1 aromatic carbocycles. The van der Waals surface area contributed by atoms with E-state index in [9.17, 15) is 5.11 Å². The predicted molar refractivity (Wildman–Crippen MR) is 78.8 cm³/mol. The van der Waals surface area contributed by atoms with E-state index in [1.807, 2.05) is 0 Å². The molecular formula is C17H28O. The molecule has 1 rings (SSSR count). The lowest BCUT2D eigenvalue weighted by molar-refractivity contribution is 0.137. The maximum Gasteiger partial charge on any atom is 0.0583 e. The maximum absolute atomic E-state index is 10.2. The van der Waals surface area contributed by atoms with E-state index >= 15 is 0 Å². The molecule has 0 aliphatic heterocycles. The second-order valence-corrected chi connectivity index (χ2v) is 5.50. The molecule has 0 spiro atoms. The van der Waals surface area contributed by atoms with E-state index in [1.54, 1.807) is 0 Å². The average molecular weight is 248 g/mol. The van der Waals surface area contributed by atoms with Gasteiger partial charge in [0.15, 0.2) is 0 Å². The number of aryl methyl sites for hydroxylation is 1. The molecule has 0 radical (unpaired) electrons. The first-order chi connectivity index (χ1) is 8.65. The zero-order chi connectivity index (χ0) is 13.4. The van der Waals surface area contributed by atoms with Crippen LogP contribution in [0.5, 0.6) is 0 Å². The minimum Gasteiger partial charge on any atom is -0.393 e. The molecule has 0 heterocycles. The predicted octanol–water partition coefficient (Wildman–Crippen LogP) is 4.50. The normalized spacial score (nSPS) is 14.4. The highest BCUT2D eigenvalue weighted by Gasteiger charge is 2.13. The van der Waals surface area contributed by atoms with E-state index in [1.165, 1.54) is 36.8 Å². The SMILES string of the molecule is CCCCC(CC)CC(O)Cc1cccc(C)c1. The molecule has 2 unspecified atom stereocenters. The number of aliphatic hydroxyl groups is 1. The van der Waals surface area contributed by atoms with Crippen molar-refractivity contribution in [3.63, 3.8) is 0 Å². The molecule has 1 N–H and O–H groups in total. The first-order valence-corrected chi connectivity index (χ1v) is 7.39. The summed E-state index contributed by atoms with van der Waals surface area (Å²) in [5, 5.41) is 10.2. The van der Waals surface area contributed by atoms with Crippen molar-refractivity contribution in [2.24, 2.45) is 5.92 Å². The van der Waals surface area contributed by atoms with Gasteiger partial charge in [-0.1, -0.05) is 69.4 Å². The molecule has 0 saturated carbocycles. The Morgan fingerprint density at radius 3 is 2.61 bits per heavy atom. The Bertz CT molecular complexity index is 332. The highest BCUT2D eigenvalue weighted by molar-refractivity contribution is 5.22. The monoisotopic (exact) mass is 248 g/mol. The van der Waals surface area contributed by atoms with Crippen molar-refractivity contribution in [3.05, 3.63) is 35.4 Å². The summed E-state index contributed by atoms with van der Waals surface area (Å²) in [5.74, 6) is 0.685. The van der Waals surface area contributed by atoms with Crippen molar-refractivity contribution >= 4 is 0 Å². The molecule has 2 atom stereocenters. The van der Waals surface area contributed by atoms with E-state index in [2.05, 4.69) is 45.0 Å². The third-order valence-corrected chi connectivity index (χ3v) is 3.70. The van der Waals surface area contributed by atoms with Crippen molar-refractivity contribution in [2.45, 2.75) is 65.4 Å². The number of hydrogen-bond acceptors (Lipinski definition) is 1. The van der Waals surface area contributed by atoms with E-state index in [4.69, 9.17) is 0 Å².